The lowest BCUT2D eigenvalue weighted by Crippen LogP contribution is -2.45. The van der Waals surface area contributed by atoms with E-state index in [9.17, 15) is 4.79 Å². The summed E-state index contributed by atoms with van der Waals surface area (Å²) < 4.78 is 0. The number of rotatable bonds is 4. The number of amides is 2. The van der Waals surface area contributed by atoms with Gasteiger partial charge in [-0.05, 0) is 57.5 Å². The van der Waals surface area contributed by atoms with E-state index in [4.69, 9.17) is 0 Å². The molecule has 2 rings (SSSR count). The summed E-state index contributed by atoms with van der Waals surface area (Å²) in [6, 6.07) is 0.470. The third-order valence-electron chi connectivity index (χ3n) is 3.74. The lowest BCUT2D eigenvalue weighted by atomic mass is 9.93. The third kappa shape index (κ3) is 3.67. The van der Waals surface area contributed by atoms with Crippen molar-refractivity contribution in [1.29, 1.82) is 0 Å². The summed E-state index contributed by atoms with van der Waals surface area (Å²) in [6.45, 7) is 3.10. The number of piperidine rings is 1. The molecule has 4 heteroatoms. The number of hydrogen-bond acceptors (Lipinski definition) is 2. The Morgan fingerprint density at radius 1 is 1.19 bits per heavy atom. The van der Waals surface area contributed by atoms with Gasteiger partial charge < -0.3 is 16.0 Å². The maximum absolute atomic E-state index is 11.5. The largest absolute Gasteiger partial charge is 0.338 e. The average molecular weight is 225 g/mol. The molecule has 1 heterocycles. The van der Waals surface area contributed by atoms with E-state index in [1.807, 2.05) is 0 Å². The molecule has 0 radical (unpaired) electrons. The average Bonchev–Trinajstić information content (AvgIpc) is 2.25. The number of carbonyl (C=O) groups excluding carboxylic acids is 1. The normalized spacial score (nSPS) is 22.5. The van der Waals surface area contributed by atoms with Gasteiger partial charge in [-0.3, -0.25) is 0 Å². The zero-order valence-electron chi connectivity index (χ0n) is 9.93. The highest BCUT2D eigenvalue weighted by atomic mass is 16.2. The highest BCUT2D eigenvalue weighted by Crippen LogP contribution is 2.17. The van der Waals surface area contributed by atoms with Crippen LogP contribution in [0.25, 0.3) is 0 Å². The molecule has 0 aromatic heterocycles. The lowest BCUT2D eigenvalue weighted by molar-refractivity contribution is 0.227. The van der Waals surface area contributed by atoms with E-state index in [1.54, 1.807) is 0 Å². The molecule has 2 fully saturated rings. The molecular formula is C12H23N3O. The van der Waals surface area contributed by atoms with Crippen LogP contribution >= 0.6 is 0 Å². The molecule has 4 nitrogen and oxygen atoms in total. The molecular weight excluding hydrogens is 202 g/mol. The molecule has 0 unspecified atom stereocenters. The Balaban J connectivity index is 1.51. The number of urea groups is 1. The molecule has 1 aliphatic carbocycles. The van der Waals surface area contributed by atoms with Crippen LogP contribution in [0.5, 0.6) is 0 Å². The minimum Gasteiger partial charge on any atom is -0.338 e. The minimum atomic E-state index is 0.0265. The predicted octanol–water partition coefficient (Wildman–Crippen LogP) is 1.23. The summed E-state index contributed by atoms with van der Waals surface area (Å²) in [5, 5.41) is 9.31. The molecule has 1 aliphatic heterocycles. The summed E-state index contributed by atoms with van der Waals surface area (Å²) in [6.07, 6.45) is 7.21. The van der Waals surface area contributed by atoms with Crippen molar-refractivity contribution >= 4 is 6.03 Å². The molecule has 0 atom stereocenters. The van der Waals surface area contributed by atoms with Crippen LogP contribution in [-0.4, -0.2) is 31.7 Å². The number of carbonyl (C=O) groups is 1. The third-order valence-corrected chi connectivity index (χ3v) is 3.74. The topological polar surface area (TPSA) is 53.2 Å². The van der Waals surface area contributed by atoms with Gasteiger partial charge in [-0.15, -0.1) is 0 Å². The van der Waals surface area contributed by atoms with Crippen LogP contribution in [-0.2, 0) is 0 Å². The second-order valence-corrected chi connectivity index (χ2v) is 5.01. The maximum Gasteiger partial charge on any atom is 0.315 e. The van der Waals surface area contributed by atoms with Crippen molar-refractivity contribution in [2.75, 3.05) is 19.6 Å². The van der Waals surface area contributed by atoms with Crippen molar-refractivity contribution < 1.29 is 4.79 Å². The van der Waals surface area contributed by atoms with Gasteiger partial charge in [0.2, 0.25) is 0 Å². The van der Waals surface area contributed by atoms with Crippen molar-refractivity contribution in [3.63, 3.8) is 0 Å². The standard InChI is InChI=1S/C12H23N3O/c16-12(15-11-2-1-3-11)14-9-6-10-4-7-13-8-5-10/h10-11,13H,1-9H2,(H2,14,15,16). The second-order valence-electron chi connectivity index (χ2n) is 5.01. The quantitative estimate of drug-likeness (QED) is 0.674. The highest BCUT2D eigenvalue weighted by Gasteiger charge is 2.19. The van der Waals surface area contributed by atoms with Gasteiger partial charge in [0.05, 0.1) is 0 Å². The van der Waals surface area contributed by atoms with Crippen LogP contribution in [0.2, 0.25) is 0 Å². The van der Waals surface area contributed by atoms with Gasteiger partial charge in [-0.1, -0.05) is 0 Å². The van der Waals surface area contributed by atoms with E-state index in [1.165, 1.54) is 19.3 Å². The van der Waals surface area contributed by atoms with Gasteiger partial charge in [0.1, 0.15) is 0 Å². The van der Waals surface area contributed by atoms with Crippen LogP contribution in [0.4, 0.5) is 4.79 Å². The first-order valence-corrected chi connectivity index (χ1v) is 6.59. The van der Waals surface area contributed by atoms with Crippen LogP contribution < -0.4 is 16.0 Å². The minimum absolute atomic E-state index is 0.0265. The van der Waals surface area contributed by atoms with Crippen LogP contribution in [0.1, 0.15) is 38.5 Å². The SMILES string of the molecule is O=C(NCCC1CCNCC1)NC1CCC1. The van der Waals surface area contributed by atoms with Crippen molar-refractivity contribution in [2.24, 2.45) is 5.92 Å². The van der Waals surface area contributed by atoms with Crippen molar-refractivity contribution in [2.45, 2.75) is 44.6 Å². The van der Waals surface area contributed by atoms with E-state index in [2.05, 4.69) is 16.0 Å². The predicted molar refractivity (Wildman–Crippen MR) is 64.4 cm³/mol. The fourth-order valence-corrected chi connectivity index (χ4v) is 2.35. The van der Waals surface area contributed by atoms with Gasteiger partial charge in [0.15, 0.2) is 0 Å². The zero-order valence-corrected chi connectivity index (χ0v) is 9.93. The molecule has 3 N–H and O–H groups in total. The summed E-state index contributed by atoms with van der Waals surface area (Å²) in [5.74, 6) is 0.797. The Kier molecular flexibility index (Phi) is 4.45. The molecule has 1 saturated carbocycles. The smallest absolute Gasteiger partial charge is 0.315 e. The first kappa shape index (κ1) is 11.7. The Bertz CT molecular complexity index is 222. The molecule has 92 valence electrons. The van der Waals surface area contributed by atoms with Gasteiger partial charge >= 0.3 is 6.03 Å². The van der Waals surface area contributed by atoms with E-state index in [0.717, 1.165) is 44.8 Å². The maximum atomic E-state index is 11.5. The molecule has 2 aliphatic rings. The molecule has 16 heavy (non-hydrogen) atoms. The van der Waals surface area contributed by atoms with Gasteiger partial charge in [-0.2, -0.15) is 0 Å². The summed E-state index contributed by atoms with van der Waals surface area (Å²) >= 11 is 0. The molecule has 0 aromatic rings. The summed E-state index contributed by atoms with van der Waals surface area (Å²) in [5.41, 5.74) is 0. The van der Waals surface area contributed by atoms with Crippen LogP contribution in [0.15, 0.2) is 0 Å². The molecule has 1 saturated heterocycles. The Labute approximate surface area is 97.6 Å². The Morgan fingerprint density at radius 2 is 1.94 bits per heavy atom. The van der Waals surface area contributed by atoms with Gasteiger partial charge in [0.25, 0.3) is 0 Å². The highest BCUT2D eigenvalue weighted by molar-refractivity contribution is 5.74. The second kappa shape index (κ2) is 6.09. The molecule has 2 amide bonds. The lowest BCUT2D eigenvalue weighted by Gasteiger charge is -2.27. The zero-order chi connectivity index (χ0) is 11.2. The number of hydrogen-bond donors (Lipinski definition) is 3. The van der Waals surface area contributed by atoms with Crippen molar-refractivity contribution in [3.05, 3.63) is 0 Å². The molecule has 0 spiro atoms. The first-order chi connectivity index (χ1) is 7.84. The summed E-state index contributed by atoms with van der Waals surface area (Å²) in [7, 11) is 0. The van der Waals surface area contributed by atoms with E-state index < -0.39 is 0 Å². The van der Waals surface area contributed by atoms with E-state index in [0.29, 0.717) is 6.04 Å². The fourth-order valence-electron chi connectivity index (χ4n) is 2.35. The van der Waals surface area contributed by atoms with E-state index >= 15 is 0 Å². The molecule has 0 bridgehead atoms. The first-order valence-electron chi connectivity index (χ1n) is 6.59. The fraction of sp³-hybridized carbons (Fsp3) is 0.917. The Hall–Kier alpha value is -0.770. The summed E-state index contributed by atoms with van der Waals surface area (Å²) in [4.78, 5) is 11.5. The number of nitrogens with one attached hydrogen (secondary N) is 3. The molecule has 0 aromatic carbocycles. The van der Waals surface area contributed by atoms with Gasteiger partial charge in [-0.25, -0.2) is 4.79 Å². The Morgan fingerprint density at radius 3 is 2.56 bits per heavy atom. The van der Waals surface area contributed by atoms with Crippen LogP contribution in [0.3, 0.4) is 0 Å². The van der Waals surface area contributed by atoms with Crippen molar-refractivity contribution in [3.8, 4) is 0 Å². The van der Waals surface area contributed by atoms with Crippen LogP contribution in [0, 0.1) is 5.92 Å². The monoisotopic (exact) mass is 225 g/mol. The van der Waals surface area contributed by atoms with E-state index in [-0.39, 0.29) is 6.03 Å². The van der Waals surface area contributed by atoms with Crippen molar-refractivity contribution in [1.82, 2.24) is 16.0 Å². The van der Waals surface area contributed by atoms with Gasteiger partial charge in [0, 0.05) is 12.6 Å².